The third-order valence-electron chi connectivity index (χ3n) is 3.87. The summed E-state index contributed by atoms with van der Waals surface area (Å²) in [5.41, 5.74) is 1.44. The summed E-state index contributed by atoms with van der Waals surface area (Å²) in [6, 6.07) is 5.76. The molecule has 0 saturated heterocycles. The maximum Gasteiger partial charge on any atom is 0.251 e. The van der Waals surface area contributed by atoms with Gasteiger partial charge in [0.05, 0.1) is 10.2 Å². The Morgan fingerprint density at radius 1 is 1.23 bits per heavy atom. The van der Waals surface area contributed by atoms with Crippen molar-refractivity contribution in [3.63, 3.8) is 0 Å². The zero-order valence-corrected chi connectivity index (χ0v) is 13.3. The van der Waals surface area contributed by atoms with Gasteiger partial charge in [0.2, 0.25) is 5.91 Å². The van der Waals surface area contributed by atoms with Crippen LogP contribution in [0.2, 0.25) is 0 Å². The number of hydrogen-bond donors (Lipinski definition) is 2. The second-order valence-electron chi connectivity index (χ2n) is 5.69. The Labute approximate surface area is 133 Å². The molecule has 0 bridgehead atoms. The average molecular weight is 317 g/mol. The van der Waals surface area contributed by atoms with Crippen LogP contribution in [0.5, 0.6) is 0 Å². The summed E-state index contributed by atoms with van der Waals surface area (Å²) in [5.74, 6) is -0.169. The summed E-state index contributed by atoms with van der Waals surface area (Å²) in [4.78, 5) is 27.7. The fourth-order valence-corrected chi connectivity index (χ4v) is 3.74. The number of hydrogen-bond acceptors (Lipinski definition) is 4. The molecule has 0 spiro atoms. The molecule has 2 aromatic rings. The van der Waals surface area contributed by atoms with Gasteiger partial charge >= 0.3 is 0 Å². The van der Waals surface area contributed by atoms with Gasteiger partial charge in [-0.3, -0.25) is 9.59 Å². The molecule has 0 radical (unpaired) electrons. The molecule has 116 valence electrons. The highest BCUT2D eigenvalue weighted by molar-refractivity contribution is 7.22. The maximum absolute atomic E-state index is 12.3. The highest BCUT2D eigenvalue weighted by atomic mass is 32.1. The molecule has 1 aromatic carbocycles. The van der Waals surface area contributed by atoms with E-state index in [-0.39, 0.29) is 11.8 Å². The third kappa shape index (κ3) is 3.44. The van der Waals surface area contributed by atoms with Crippen LogP contribution < -0.4 is 10.6 Å². The van der Waals surface area contributed by atoms with Crippen LogP contribution in [0, 0.1) is 0 Å². The Bertz CT molecular complexity index is 704. The van der Waals surface area contributed by atoms with Crippen molar-refractivity contribution in [3.05, 3.63) is 23.8 Å². The predicted octanol–water partition coefficient (Wildman–Crippen LogP) is 3.32. The van der Waals surface area contributed by atoms with Crippen LogP contribution in [0.3, 0.4) is 0 Å². The van der Waals surface area contributed by atoms with E-state index in [1.54, 1.807) is 6.07 Å². The van der Waals surface area contributed by atoms with Crippen molar-refractivity contribution in [1.29, 1.82) is 0 Å². The standard InChI is InChI=1S/C16H19N3O2S/c1-10(20)17-16-19-13-8-7-11(9-14(13)22-16)15(21)18-12-5-3-2-4-6-12/h7-9,12H,2-6H2,1H3,(H,18,21)(H,17,19,20). The lowest BCUT2D eigenvalue weighted by molar-refractivity contribution is -0.114. The number of thiazole rings is 1. The first-order valence-electron chi connectivity index (χ1n) is 7.61. The lowest BCUT2D eigenvalue weighted by Gasteiger charge is -2.22. The van der Waals surface area contributed by atoms with Crippen molar-refractivity contribution in [1.82, 2.24) is 10.3 Å². The van der Waals surface area contributed by atoms with Crippen molar-refractivity contribution < 1.29 is 9.59 Å². The van der Waals surface area contributed by atoms with E-state index in [4.69, 9.17) is 0 Å². The predicted molar refractivity (Wildman–Crippen MR) is 88.3 cm³/mol. The molecule has 6 heteroatoms. The van der Waals surface area contributed by atoms with Gasteiger partial charge in [-0.25, -0.2) is 4.98 Å². The van der Waals surface area contributed by atoms with Gasteiger partial charge in [0.15, 0.2) is 5.13 Å². The molecule has 1 aromatic heterocycles. The lowest BCUT2D eigenvalue weighted by Crippen LogP contribution is -2.36. The van der Waals surface area contributed by atoms with Crippen LogP contribution in [-0.4, -0.2) is 22.8 Å². The molecule has 1 aliphatic carbocycles. The summed E-state index contributed by atoms with van der Waals surface area (Å²) in [7, 11) is 0. The third-order valence-corrected chi connectivity index (χ3v) is 4.81. The Kier molecular flexibility index (Phi) is 4.38. The highest BCUT2D eigenvalue weighted by Gasteiger charge is 2.17. The number of rotatable bonds is 3. The average Bonchev–Trinajstić information content (AvgIpc) is 2.88. The van der Waals surface area contributed by atoms with Crippen LogP contribution in [0.15, 0.2) is 18.2 Å². The van der Waals surface area contributed by atoms with E-state index in [0.29, 0.717) is 16.7 Å². The molecule has 0 aliphatic heterocycles. The summed E-state index contributed by atoms with van der Waals surface area (Å²) in [6.45, 7) is 1.45. The molecule has 5 nitrogen and oxygen atoms in total. The summed E-state index contributed by atoms with van der Waals surface area (Å²) < 4.78 is 0.903. The minimum atomic E-state index is -0.144. The monoisotopic (exact) mass is 317 g/mol. The van der Waals surface area contributed by atoms with Crippen molar-refractivity contribution in [2.45, 2.75) is 45.1 Å². The minimum absolute atomic E-state index is 0.0247. The van der Waals surface area contributed by atoms with Crippen LogP contribution in [0.4, 0.5) is 5.13 Å². The molecular formula is C16H19N3O2S. The smallest absolute Gasteiger partial charge is 0.251 e. The van der Waals surface area contributed by atoms with Crippen LogP contribution in [0.25, 0.3) is 10.2 Å². The van der Waals surface area contributed by atoms with E-state index < -0.39 is 0 Å². The highest BCUT2D eigenvalue weighted by Crippen LogP contribution is 2.27. The van der Waals surface area contributed by atoms with E-state index in [9.17, 15) is 9.59 Å². The molecule has 1 fully saturated rings. The first kappa shape index (κ1) is 15.0. The molecule has 0 unspecified atom stereocenters. The van der Waals surface area contributed by atoms with E-state index in [1.165, 1.54) is 37.5 Å². The topological polar surface area (TPSA) is 71.1 Å². The molecule has 1 heterocycles. The van der Waals surface area contributed by atoms with Gasteiger partial charge in [0, 0.05) is 18.5 Å². The second-order valence-corrected chi connectivity index (χ2v) is 6.72. The molecule has 3 rings (SSSR count). The molecule has 2 N–H and O–H groups in total. The van der Waals surface area contributed by atoms with Gasteiger partial charge < -0.3 is 10.6 Å². The molecule has 2 amide bonds. The first-order chi connectivity index (χ1) is 10.6. The largest absolute Gasteiger partial charge is 0.349 e. The second kappa shape index (κ2) is 6.44. The Balaban J connectivity index is 1.75. The minimum Gasteiger partial charge on any atom is -0.349 e. The molecule has 22 heavy (non-hydrogen) atoms. The van der Waals surface area contributed by atoms with Crippen molar-refractivity contribution in [2.24, 2.45) is 0 Å². The number of carbonyl (C=O) groups is 2. The Morgan fingerprint density at radius 2 is 2.00 bits per heavy atom. The number of aromatic nitrogens is 1. The maximum atomic E-state index is 12.3. The van der Waals surface area contributed by atoms with E-state index >= 15 is 0 Å². The van der Waals surface area contributed by atoms with E-state index in [2.05, 4.69) is 15.6 Å². The molecule has 1 saturated carbocycles. The SMILES string of the molecule is CC(=O)Nc1nc2ccc(C(=O)NC3CCCCC3)cc2s1. The molecule has 0 atom stereocenters. The number of carbonyl (C=O) groups excluding carboxylic acids is 2. The van der Waals surface area contributed by atoms with Gasteiger partial charge in [0.25, 0.3) is 5.91 Å². The van der Waals surface area contributed by atoms with E-state index in [1.807, 2.05) is 12.1 Å². The van der Waals surface area contributed by atoms with Crippen molar-refractivity contribution in [3.8, 4) is 0 Å². The van der Waals surface area contributed by atoms with Crippen LogP contribution in [-0.2, 0) is 4.79 Å². The lowest BCUT2D eigenvalue weighted by atomic mass is 9.95. The Morgan fingerprint density at radius 3 is 2.73 bits per heavy atom. The van der Waals surface area contributed by atoms with E-state index in [0.717, 1.165) is 23.1 Å². The van der Waals surface area contributed by atoms with Gasteiger partial charge in [-0.15, -0.1) is 0 Å². The van der Waals surface area contributed by atoms with Gasteiger partial charge in [-0.1, -0.05) is 30.6 Å². The number of anilines is 1. The van der Waals surface area contributed by atoms with Crippen molar-refractivity contribution >= 4 is 38.5 Å². The number of fused-ring (bicyclic) bond motifs is 1. The zero-order chi connectivity index (χ0) is 15.5. The molecule has 1 aliphatic rings. The number of benzene rings is 1. The first-order valence-corrected chi connectivity index (χ1v) is 8.42. The van der Waals surface area contributed by atoms with Gasteiger partial charge in [-0.05, 0) is 31.0 Å². The van der Waals surface area contributed by atoms with Gasteiger partial charge in [-0.2, -0.15) is 0 Å². The number of nitrogens with zero attached hydrogens (tertiary/aromatic N) is 1. The Hall–Kier alpha value is -1.95. The summed E-state index contributed by atoms with van der Waals surface area (Å²) in [6.07, 6.45) is 5.80. The van der Waals surface area contributed by atoms with Gasteiger partial charge in [0.1, 0.15) is 0 Å². The van der Waals surface area contributed by atoms with Crippen LogP contribution in [0.1, 0.15) is 49.4 Å². The quantitative estimate of drug-likeness (QED) is 0.912. The van der Waals surface area contributed by atoms with Crippen LogP contribution >= 0.6 is 11.3 Å². The normalized spacial score (nSPS) is 15.7. The number of amides is 2. The van der Waals surface area contributed by atoms with Crippen molar-refractivity contribution in [2.75, 3.05) is 5.32 Å². The summed E-state index contributed by atoms with van der Waals surface area (Å²) >= 11 is 1.38. The fraction of sp³-hybridized carbons (Fsp3) is 0.438. The number of nitrogens with one attached hydrogen (secondary N) is 2. The fourth-order valence-electron chi connectivity index (χ4n) is 2.79. The summed E-state index contributed by atoms with van der Waals surface area (Å²) in [5, 5.41) is 6.35. The molecular weight excluding hydrogens is 298 g/mol. The zero-order valence-electron chi connectivity index (χ0n) is 12.5.